The molecule has 0 aliphatic rings. The highest BCUT2D eigenvalue weighted by Crippen LogP contribution is 2.21. The van der Waals surface area contributed by atoms with Gasteiger partial charge in [-0.25, -0.2) is 0 Å². The number of nitrogens with one attached hydrogen (secondary N) is 1. The van der Waals surface area contributed by atoms with E-state index >= 15 is 0 Å². The average Bonchev–Trinajstić information content (AvgIpc) is 2.91. The number of amides is 1. The molecule has 19 heavy (non-hydrogen) atoms. The standard InChI is InChI=1S/C15H17NO2S/c1-11-5-3-6-12(2)14(11)18-9-8-16-15(17)13-7-4-10-19-13/h3-7,10H,8-9H2,1-2H3,(H,16,17). The Balaban J connectivity index is 1.80. The lowest BCUT2D eigenvalue weighted by atomic mass is 10.1. The van der Waals surface area contributed by atoms with Gasteiger partial charge in [0.05, 0.1) is 11.4 Å². The Morgan fingerprint density at radius 1 is 1.21 bits per heavy atom. The summed E-state index contributed by atoms with van der Waals surface area (Å²) in [7, 11) is 0. The summed E-state index contributed by atoms with van der Waals surface area (Å²) in [5, 5.41) is 4.73. The first-order chi connectivity index (χ1) is 9.18. The molecule has 2 rings (SSSR count). The molecule has 0 saturated carbocycles. The van der Waals surface area contributed by atoms with Crippen molar-refractivity contribution in [3.05, 3.63) is 51.7 Å². The molecule has 2 aromatic rings. The molecule has 3 nitrogen and oxygen atoms in total. The normalized spacial score (nSPS) is 10.2. The molecule has 0 fully saturated rings. The molecular formula is C15H17NO2S. The van der Waals surface area contributed by atoms with Crippen molar-refractivity contribution in [2.24, 2.45) is 0 Å². The Kier molecular flexibility index (Phi) is 4.58. The van der Waals surface area contributed by atoms with Crippen LogP contribution in [0.15, 0.2) is 35.7 Å². The van der Waals surface area contributed by atoms with Crippen LogP contribution < -0.4 is 10.1 Å². The summed E-state index contributed by atoms with van der Waals surface area (Å²) in [6.45, 7) is 5.02. The SMILES string of the molecule is Cc1cccc(C)c1OCCNC(=O)c1cccs1. The molecule has 0 spiro atoms. The van der Waals surface area contributed by atoms with Gasteiger partial charge in [0, 0.05) is 0 Å². The predicted octanol–water partition coefficient (Wildman–Crippen LogP) is 3.17. The summed E-state index contributed by atoms with van der Waals surface area (Å²) in [5.74, 6) is 0.868. The van der Waals surface area contributed by atoms with Crippen molar-refractivity contribution in [1.82, 2.24) is 5.32 Å². The number of ether oxygens (including phenoxy) is 1. The maximum absolute atomic E-state index is 11.7. The van der Waals surface area contributed by atoms with Gasteiger partial charge < -0.3 is 10.1 Å². The highest BCUT2D eigenvalue weighted by atomic mass is 32.1. The molecule has 0 aliphatic heterocycles. The molecule has 1 heterocycles. The van der Waals surface area contributed by atoms with Gasteiger partial charge in [0.15, 0.2) is 0 Å². The summed E-state index contributed by atoms with van der Waals surface area (Å²) >= 11 is 1.44. The summed E-state index contributed by atoms with van der Waals surface area (Å²) in [6.07, 6.45) is 0. The third kappa shape index (κ3) is 3.58. The van der Waals surface area contributed by atoms with Gasteiger partial charge in [0.25, 0.3) is 5.91 Å². The highest BCUT2D eigenvalue weighted by molar-refractivity contribution is 7.12. The number of hydrogen-bond acceptors (Lipinski definition) is 3. The Hall–Kier alpha value is -1.81. The molecule has 1 N–H and O–H groups in total. The van der Waals surface area contributed by atoms with Crippen molar-refractivity contribution in [1.29, 1.82) is 0 Å². The van der Waals surface area contributed by atoms with E-state index in [-0.39, 0.29) is 5.91 Å². The molecule has 0 bridgehead atoms. The number of aryl methyl sites for hydroxylation is 2. The van der Waals surface area contributed by atoms with Gasteiger partial charge in [-0.15, -0.1) is 11.3 Å². The van der Waals surface area contributed by atoms with E-state index in [0.29, 0.717) is 13.2 Å². The van der Waals surface area contributed by atoms with Crippen molar-refractivity contribution in [2.45, 2.75) is 13.8 Å². The van der Waals surface area contributed by atoms with Crippen molar-refractivity contribution >= 4 is 17.2 Å². The van der Waals surface area contributed by atoms with Crippen LogP contribution in [-0.2, 0) is 0 Å². The number of carbonyl (C=O) groups is 1. The van der Waals surface area contributed by atoms with Crippen molar-refractivity contribution in [2.75, 3.05) is 13.2 Å². The lowest BCUT2D eigenvalue weighted by Crippen LogP contribution is -2.27. The Bertz CT molecular complexity index is 529. The van der Waals surface area contributed by atoms with E-state index in [1.807, 2.05) is 49.6 Å². The summed E-state index contributed by atoms with van der Waals surface area (Å²) in [5.41, 5.74) is 2.23. The third-order valence-corrected chi connectivity index (χ3v) is 3.66. The van der Waals surface area contributed by atoms with Crippen molar-refractivity contribution in [3.8, 4) is 5.75 Å². The minimum atomic E-state index is -0.0416. The second-order valence-electron chi connectivity index (χ2n) is 4.30. The zero-order valence-electron chi connectivity index (χ0n) is 11.1. The smallest absolute Gasteiger partial charge is 0.261 e. The van der Waals surface area contributed by atoms with Crippen LogP contribution in [0.3, 0.4) is 0 Å². The van der Waals surface area contributed by atoms with Gasteiger partial charge in [-0.1, -0.05) is 24.3 Å². The predicted molar refractivity (Wildman–Crippen MR) is 78.1 cm³/mol. The van der Waals surface area contributed by atoms with Crippen molar-refractivity contribution < 1.29 is 9.53 Å². The van der Waals surface area contributed by atoms with Gasteiger partial charge in [-0.05, 0) is 36.4 Å². The Morgan fingerprint density at radius 3 is 2.58 bits per heavy atom. The molecule has 0 atom stereocenters. The molecule has 0 aliphatic carbocycles. The van der Waals surface area contributed by atoms with Gasteiger partial charge in [0.1, 0.15) is 12.4 Å². The van der Waals surface area contributed by atoms with E-state index in [9.17, 15) is 4.79 Å². The van der Waals surface area contributed by atoms with Crippen LogP contribution >= 0.6 is 11.3 Å². The topological polar surface area (TPSA) is 38.3 Å². The number of benzene rings is 1. The number of rotatable bonds is 5. The van der Waals surface area contributed by atoms with E-state index in [1.165, 1.54) is 11.3 Å². The monoisotopic (exact) mass is 275 g/mol. The quantitative estimate of drug-likeness (QED) is 0.851. The number of hydrogen-bond donors (Lipinski definition) is 1. The van der Waals surface area contributed by atoms with Crippen molar-refractivity contribution in [3.63, 3.8) is 0 Å². The number of para-hydroxylation sites is 1. The van der Waals surface area contributed by atoms with E-state index in [2.05, 4.69) is 5.32 Å². The van der Waals surface area contributed by atoms with Crippen LogP contribution in [-0.4, -0.2) is 19.1 Å². The molecule has 0 radical (unpaired) electrons. The fraction of sp³-hybridized carbons (Fsp3) is 0.267. The second kappa shape index (κ2) is 6.38. The summed E-state index contributed by atoms with van der Waals surface area (Å²) < 4.78 is 5.72. The van der Waals surface area contributed by atoms with Gasteiger partial charge in [0.2, 0.25) is 0 Å². The first kappa shape index (κ1) is 13.6. The first-order valence-corrected chi connectivity index (χ1v) is 7.07. The number of carbonyl (C=O) groups excluding carboxylic acids is 1. The van der Waals surface area contributed by atoms with E-state index in [0.717, 1.165) is 21.8 Å². The number of thiophene rings is 1. The average molecular weight is 275 g/mol. The van der Waals surface area contributed by atoms with Crippen LogP contribution in [0, 0.1) is 13.8 Å². The van der Waals surface area contributed by atoms with Crippen LogP contribution in [0.25, 0.3) is 0 Å². The van der Waals surface area contributed by atoms with Gasteiger partial charge >= 0.3 is 0 Å². The minimum absolute atomic E-state index is 0.0416. The largest absolute Gasteiger partial charge is 0.491 e. The summed E-state index contributed by atoms with van der Waals surface area (Å²) in [6, 6.07) is 9.73. The fourth-order valence-corrected chi connectivity index (χ4v) is 2.48. The van der Waals surface area contributed by atoms with Gasteiger partial charge in [-0.3, -0.25) is 4.79 Å². The zero-order chi connectivity index (χ0) is 13.7. The molecule has 1 aromatic carbocycles. The van der Waals surface area contributed by atoms with Crippen LogP contribution in [0.4, 0.5) is 0 Å². The molecule has 0 saturated heterocycles. The third-order valence-electron chi connectivity index (χ3n) is 2.79. The van der Waals surface area contributed by atoms with E-state index in [1.54, 1.807) is 0 Å². The van der Waals surface area contributed by atoms with Gasteiger partial charge in [-0.2, -0.15) is 0 Å². The molecule has 0 unspecified atom stereocenters. The maximum atomic E-state index is 11.7. The van der Waals surface area contributed by atoms with Crippen LogP contribution in [0.2, 0.25) is 0 Å². The first-order valence-electron chi connectivity index (χ1n) is 6.19. The molecule has 100 valence electrons. The molecule has 1 amide bonds. The maximum Gasteiger partial charge on any atom is 0.261 e. The Morgan fingerprint density at radius 2 is 1.95 bits per heavy atom. The van der Waals surface area contributed by atoms with E-state index in [4.69, 9.17) is 4.74 Å². The lowest BCUT2D eigenvalue weighted by molar-refractivity contribution is 0.0951. The zero-order valence-corrected chi connectivity index (χ0v) is 11.9. The highest BCUT2D eigenvalue weighted by Gasteiger charge is 2.06. The fourth-order valence-electron chi connectivity index (χ4n) is 1.84. The minimum Gasteiger partial charge on any atom is -0.491 e. The second-order valence-corrected chi connectivity index (χ2v) is 5.25. The molecular weight excluding hydrogens is 258 g/mol. The lowest BCUT2D eigenvalue weighted by Gasteiger charge is -2.12. The van der Waals surface area contributed by atoms with E-state index < -0.39 is 0 Å². The Labute approximate surface area is 117 Å². The molecule has 1 aromatic heterocycles. The van der Waals surface area contributed by atoms with Crippen LogP contribution in [0.5, 0.6) is 5.75 Å². The van der Waals surface area contributed by atoms with Crippen LogP contribution in [0.1, 0.15) is 20.8 Å². The summed E-state index contributed by atoms with van der Waals surface area (Å²) in [4.78, 5) is 12.4. The molecule has 4 heteroatoms.